The van der Waals surface area contributed by atoms with E-state index in [4.69, 9.17) is 4.74 Å². The van der Waals surface area contributed by atoms with E-state index in [9.17, 15) is 0 Å². The molecule has 0 bridgehead atoms. The maximum Gasteiger partial charge on any atom is 0.123 e. The van der Waals surface area contributed by atoms with Gasteiger partial charge in [-0.1, -0.05) is 36.4 Å². The molecule has 0 saturated carbocycles. The molecule has 1 atom stereocenters. The predicted molar refractivity (Wildman–Crippen MR) is 65.7 cm³/mol. The van der Waals surface area contributed by atoms with Crippen LogP contribution in [0.5, 0.6) is 5.75 Å². The Hall–Kier alpha value is -1.76. The van der Waals surface area contributed by atoms with Crippen molar-refractivity contribution in [1.82, 2.24) is 0 Å². The van der Waals surface area contributed by atoms with Crippen molar-refractivity contribution in [3.8, 4) is 16.9 Å². The first-order valence-electron chi connectivity index (χ1n) is 5.68. The Morgan fingerprint density at radius 3 is 2.62 bits per heavy atom. The summed E-state index contributed by atoms with van der Waals surface area (Å²) < 4.78 is 5.70. The smallest absolute Gasteiger partial charge is 0.123 e. The van der Waals surface area contributed by atoms with Crippen molar-refractivity contribution < 1.29 is 4.74 Å². The number of rotatable bonds is 1. The van der Waals surface area contributed by atoms with Gasteiger partial charge in [-0.05, 0) is 35.7 Å². The molecular formula is C15H14O. The van der Waals surface area contributed by atoms with E-state index in [0.717, 1.165) is 12.2 Å². The van der Waals surface area contributed by atoms with Gasteiger partial charge < -0.3 is 4.74 Å². The largest absolute Gasteiger partial charge is 0.490 e. The number of fused-ring (bicyclic) bond motifs is 1. The molecule has 2 aromatic rings. The van der Waals surface area contributed by atoms with Crippen LogP contribution in [0.3, 0.4) is 0 Å². The van der Waals surface area contributed by atoms with Crippen LogP contribution < -0.4 is 4.74 Å². The number of hydrogen-bond donors (Lipinski definition) is 0. The van der Waals surface area contributed by atoms with Crippen LogP contribution in [0.1, 0.15) is 12.5 Å². The van der Waals surface area contributed by atoms with E-state index in [1.165, 1.54) is 16.7 Å². The molecular weight excluding hydrogens is 196 g/mol. The van der Waals surface area contributed by atoms with Crippen LogP contribution in [0, 0.1) is 0 Å². The standard InChI is InChI=1S/C15H14O/c1-11-9-14-10-13(7-8-15(14)16-11)12-5-3-2-4-6-12/h2-8,10-11H,9H2,1H3. The average Bonchev–Trinajstić information content (AvgIpc) is 2.69. The highest BCUT2D eigenvalue weighted by atomic mass is 16.5. The summed E-state index contributed by atoms with van der Waals surface area (Å²) >= 11 is 0. The molecule has 1 aliphatic heterocycles. The third-order valence-corrected chi connectivity index (χ3v) is 3.00. The van der Waals surface area contributed by atoms with Crippen LogP contribution in [0.4, 0.5) is 0 Å². The van der Waals surface area contributed by atoms with Gasteiger partial charge in [-0.3, -0.25) is 0 Å². The molecule has 0 aliphatic carbocycles. The van der Waals surface area contributed by atoms with E-state index in [1.54, 1.807) is 0 Å². The van der Waals surface area contributed by atoms with Crippen LogP contribution in [0.2, 0.25) is 0 Å². The van der Waals surface area contributed by atoms with Crippen molar-refractivity contribution in [1.29, 1.82) is 0 Å². The van der Waals surface area contributed by atoms with Crippen molar-refractivity contribution in [2.24, 2.45) is 0 Å². The number of ether oxygens (including phenoxy) is 1. The van der Waals surface area contributed by atoms with Crippen LogP contribution in [0.25, 0.3) is 11.1 Å². The van der Waals surface area contributed by atoms with Crippen molar-refractivity contribution in [2.75, 3.05) is 0 Å². The van der Waals surface area contributed by atoms with Gasteiger partial charge in [0.1, 0.15) is 11.9 Å². The summed E-state index contributed by atoms with van der Waals surface area (Å²) in [6.45, 7) is 2.11. The fraction of sp³-hybridized carbons (Fsp3) is 0.200. The van der Waals surface area contributed by atoms with Gasteiger partial charge in [0.25, 0.3) is 0 Å². The molecule has 0 fully saturated rings. The monoisotopic (exact) mass is 210 g/mol. The van der Waals surface area contributed by atoms with Gasteiger partial charge in [0, 0.05) is 6.42 Å². The van der Waals surface area contributed by atoms with Gasteiger partial charge in [0.15, 0.2) is 0 Å². The van der Waals surface area contributed by atoms with Gasteiger partial charge in [0.05, 0.1) is 0 Å². The molecule has 80 valence electrons. The van der Waals surface area contributed by atoms with Crippen molar-refractivity contribution in [3.63, 3.8) is 0 Å². The molecule has 16 heavy (non-hydrogen) atoms. The number of benzene rings is 2. The van der Waals surface area contributed by atoms with Gasteiger partial charge in [-0.15, -0.1) is 0 Å². The minimum absolute atomic E-state index is 0.320. The lowest BCUT2D eigenvalue weighted by Gasteiger charge is -2.04. The summed E-state index contributed by atoms with van der Waals surface area (Å²) in [6, 6.07) is 16.9. The minimum Gasteiger partial charge on any atom is -0.490 e. The topological polar surface area (TPSA) is 9.23 Å². The summed E-state index contributed by atoms with van der Waals surface area (Å²) in [5.74, 6) is 1.05. The Morgan fingerprint density at radius 2 is 1.81 bits per heavy atom. The second-order valence-electron chi connectivity index (χ2n) is 4.32. The van der Waals surface area contributed by atoms with E-state index in [1.807, 2.05) is 6.07 Å². The molecule has 3 rings (SSSR count). The lowest BCUT2D eigenvalue weighted by atomic mass is 10.0. The minimum atomic E-state index is 0.320. The molecule has 0 saturated heterocycles. The highest BCUT2D eigenvalue weighted by molar-refractivity contribution is 5.66. The molecule has 0 spiro atoms. The summed E-state index contributed by atoms with van der Waals surface area (Å²) in [4.78, 5) is 0. The fourth-order valence-corrected chi connectivity index (χ4v) is 2.23. The van der Waals surface area contributed by atoms with Gasteiger partial charge in [-0.25, -0.2) is 0 Å². The van der Waals surface area contributed by atoms with E-state index in [-0.39, 0.29) is 0 Å². The molecule has 1 heterocycles. The molecule has 1 unspecified atom stereocenters. The first-order valence-corrected chi connectivity index (χ1v) is 5.68. The Bertz CT molecular complexity index is 502. The van der Waals surface area contributed by atoms with Gasteiger partial charge in [-0.2, -0.15) is 0 Å². The second kappa shape index (κ2) is 3.67. The molecule has 1 nitrogen and oxygen atoms in total. The molecule has 0 N–H and O–H groups in total. The quantitative estimate of drug-likeness (QED) is 0.697. The predicted octanol–water partition coefficient (Wildman–Crippen LogP) is 3.68. The lowest BCUT2D eigenvalue weighted by Crippen LogP contribution is -2.05. The summed E-state index contributed by atoms with van der Waals surface area (Å²) in [5.41, 5.74) is 3.87. The fourth-order valence-electron chi connectivity index (χ4n) is 2.23. The maximum absolute atomic E-state index is 5.70. The van der Waals surface area contributed by atoms with E-state index in [2.05, 4.69) is 49.4 Å². The second-order valence-corrected chi connectivity index (χ2v) is 4.32. The Kier molecular flexibility index (Phi) is 2.17. The average molecular weight is 210 g/mol. The van der Waals surface area contributed by atoms with E-state index >= 15 is 0 Å². The molecule has 1 heteroatoms. The maximum atomic E-state index is 5.70. The normalized spacial score (nSPS) is 17.9. The van der Waals surface area contributed by atoms with Crippen LogP contribution >= 0.6 is 0 Å². The molecule has 1 aliphatic rings. The Morgan fingerprint density at radius 1 is 1.00 bits per heavy atom. The van der Waals surface area contributed by atoms with Crippen molar-refractivity contribution >= 4 is 0 Å². The number of hydrogen-bond acceptors (Lipinski definition) is 1. The first kappa shape index (κ1) is 9.46. The molecule has 2 aromatic carbocycles. The zero-order valence-electron chi connectivity index (χ0n) is 9.31. The summed E-state index contributed by atoms with van der Waals surface area (Å²) in [6.07, 6.45) is 1.34. The van der Waals surface area contributed by atoms with Gasteiger partial charge in [0.2, 0.25) is 0 Å². The lowest BCUT2D eigenvalue weighted by molar-refractivity contribution is 0.254. The van der Waals surface area contributed by atoms with Crippen molar-refractivity contribution in [2.45, 2.75) is 19.4 Å². The SMILES string of the molecule is CC1Cc2cc(-c3ccccc3)ccc2O1. The molecule has 0 amide bonds. The highest BCUT2D eigenvalue weighted by Crippen LogP contribution is 2.32. The van der Waals surface area contributed by atoms with Crippen molar-refractivity contribution in [3.05, 3.63) is 54.1 Å². The highest BCUT2D eigenvalue weighted by Gasteiger charge is 2.18. The summed E-state index contributed by atoms with van der Waals surface area (Å²) in [5, 5.41) is 0. The molecule has 0 aromatic heterocycles. The van der Waals surface area contributed by atoms with Crippen LogP contribution in [-0.4, -0.2) is 6.10 Å². The van der Waals surface area contributed by atoms with Crippen LogP contribution in [-0.2, 0) is 6.42 Å². The third-order valence-electron chi connectivity index (χ3n) is 3.00. The van der Waals surface area contributed by atoms with Crippen LogP contribution in [0.15, 0.2) is 48.5 Å². The van der Waals surface area contributed by atoms with E-state index < -0.39 is 0 Å². The Labute approximate surface area is 95.7 Å². The van der Waals surface area contributed by atoms with E-state index in [0.29, 0.717) is 6.10 Å². The third kappa shape index (κ3) is 1.58. The Balaban J connectivity index is 2.03. The summed E-state index contributed by atoms with van der Waals surface area (Å²) in [7, 11) is 0. The zero-order valence-corrected chi connectivity index (χ0v) is 9.31. The van der Waals surface area contributed by atoms with Gasteiger partial charge >= 0.3 is 0 Å². The first-order chi connectivity index (χ1) is 7.83. The molecule has 0 radical (unpaired) electrons. The zero-order chi connectivity index (χ0) is 11.0.